The third-order valence-electron chi connectivity index (χ3n) is 7.96. The van der Waals surface area contributed by atoms with Crippen molar-refractivity contribution in [1.29, 1.82) is 5.26 Å². The van der Waals surface area contributed by atoms with E-state index in [1.807, 2.05) is 31.3 Å². The third kappa shape index (κ3) is 6.56. The molecule has 0 atom stereocenters. The molecule has 2 fully saturated rings. The fraction of sp³-hybridized carbons (Fsp3) is 0.333. The molecular formula is C33H34Cl2N4. The summed E-state index contributed by atoms with van der Waals surface area (Å²) in [6.45, 7) is 2.18. The van der Waals surface area contributed by atoms with Gasteiger partial charge < -0.3 is 5.32 Å². The molecule has 0 aromatic heterocycles. The van der Waals surface area contributed by atoms with Gasteiger partial charge in [0.2, 0.25) is 0 Å². The second-order valence-electron chi connectivity index (χ2n) is 10.4. The Morgan fingerprint density at radius 2 is 1.77 bits per heavy atom. The maximum Gasteiger partial charge on any atom is 0.133 e. The van der Waals surface area contributed by atoms with Crippen molar-refractivity contribution in [2.45, 2.75) is 51.0 Å². The number of aliphatic imine (C=N–C) groups is 1. The second-order valence-corrected chi connectivity index (χ2v) is 11.2. The lowest BCUT2D eigenvalue weighted by atomic mass is 9.90. The number of nitrogens with zero attached hydrogens (tertiary/aromatic N) is 3. The molecule has 6 heteroatoms. The van der Waals surface area contributed by atoms with Gasteiger partial charge in [-0.3, -0.25) is 9.89 Å². The summed E-state index contributed by atoms with van der Waals surface area (Å²) in [6.07, 6.45) is 16.3. The number of likely N-dealkylation sites (tertiary alicyclic amines) is 1. The van der Waals surface area contributed by atoms with Gasteiger partial charge in [0, 0.05) is 43.0 Å². The van der Waals surface area contributed by atoms with Gasteiger partial charge in [-0.15, -0.1) is 0 Å². The van der Waals surface area contributed by atoms with E-state index in [0.717, 1.165) is 72.2 Å². The predicted molar refractivity (Wildman–Crippen MR) is 165 cm³/mol. The van der Waals surface area contributed by atoms with E-state index in [1.54, 1.807) is 6.07 Å². The van der Waals surface area contributed by atoms with Gasteiger partial charge in [-0.05, 0) is 73.1 Å². The van der Waals surface area contributed by atoms with Crippen molar-refractivity contribution < 1.29 is 0 Å². The summed E-state index contributed by atoms with van der Waals surface area (Å²) < 4.78 is 0. The van der Waals surface area contributed by atoms with Crippen molar-refractivity contribution in [1.82, 2.24) is 4.90 Å². The maximum atomic E-state index is 9.44. The Hall–Kier alpha value is -3.10. The largest absolute Gasteiger partial charge is 0.340 e. The van der Waals surface area contributed by atoms with Crippen LogP contribution in [0.4, 0.5) is 5.69 Å². The SMILES string of the molecule is CN=C(Nc1ccc(Cl)c(Cl)c1)C(=C1CCN(C2CCCC2)CC1)c1ccc(C2=CC(C#N)=CCC=C2)cc1. The molecule has 0 amide bonds. The van der Waals surface area contributed by atoms with Crippen LogP contribution in [0.1, 0.15) is 56.1 Å². The number of halogens is 2. The lowest BCUT2D eigenvalue weighted by molar-refractivity contribution is 0.186. The highest BCUT2D eigenvalue weighted by molar-refractivity contribution is 6.42. The topological polar surface area (TPSA) is 51.4 Å². The molecule has 2 aliphatic carbocycles. The number of hydrogen-bond acceptors (Lipinski definition) is 3. The van der Waals surface area contributed by atoms with Crippen LogP contribution in [0.15, 0.2) is 82.9 Å². The molecule has 0 radical (unpaired) electrons. The zero-order valence-electron chi connectivity index (χ0n) is 22.4. The number of nitrogens with one attached hydrogen (secondary N) is 1. The Kier molecular flexibility index (Phi) is 9.04. The summed E-state index contributed by atoms with van der Waals surface area (Å²) in [4.78, 5) is 7.41. The summed E-state index contributed by atoms with van der Waals surface area (Å²) in [5.74, 6) is 0.828. The molecule has 1 heterocycles. The number of amidine groups is 1. The number of benzene rings is 2. The molecule has 0 unspecified atom stereocenters. The predicted octanol–water partition coefficient (Wildman–Crippen LogP) is 8.72. The monoisotopic (exact) mass is 556 g/mol. The first-order valence-corrected chi connectivity index (χ1v) is 14.6. The molecular weight excluding hydrogens is 523 g/mol. The Labute approximate surface area is 242 Å². The van der Waals surface area contributed by atoms with Crippen LogP contribution in [-0.2, 0) is 0 Å². The van der Waals surface area contributed by atoms with Crippen molar-refractivity contribution >= 4 is 45.9 Å². The minimum Gasteiger partial charge on any atom is -0.340 e. The number of nitriles is 1. The summed E-state index contributed by atoms with van der Waals surface area (Å²) in [5.41, 5.74) is 7.40. The molecule has 5 rings (SSSR count). The highest BCUT2D eigenvalue weighted by Gasteiger charge is 2.27. The molecule has 1 aliphatic heterocycles. The molecule has 1 saturated carbocycles. The van der Waals surface area contributed by atoms with Crippen LogP contribution >= 0.6 is 23.2 Å². The van der Waals surface area contributed by atoms with Crippen molar-refractivity contribution in [3.05, 3.63) is 99.1 Å². The lowest BCUT2D eigenvalue weighted by Crippen LogP contribution is -2.38. The highest BCUT2D eigenvalue weighted by Crippen LogP contribution is 2.34. The number of rotatable bonds is 5. The van der Waals surface area contributed by atoms with Crippen LogP contribution < -0.4 is 5.32 Å². The van der Waals surface area contributed by atoms with E-state index in [0.29, 0.717) is 15.6 Å². The fourth-order valence-corrected chi connectivity index (χ4v) is 6.18. The number of hydrogen-bond donors (Lipinski definition) is 1. The summed E-state index contributed by atoms with van der Waals surface area (Å²) in [7, 11) is 1.83. The summed E-state index contributed by atoms with van der Waals surface area (Å²) in [6, 6.07) is 17.3. The van der Waals surface area contributed by atoms with E-state index < -0.39 is 0 Å². The molecule has 1 N–H and O–H groups in total. The zero-order valence-corrected chi connectivity index (χ0v) is 23.9. The van der Waals surface area contributed by atoms with E-state index in [4.69, 9.17) is 28.2 Å². The Balaban J connectivity index is 1.48. The smallest absolute Gasteiger partial charge is 0.133 e. The van der Waals surface area contributed by atoms with Crippen LogP contribution in [0.5, 0.6) is 0 Å². The van der Waals surface area contributed by atoms with Crippen LogP contribution in [-0.4, -0.2) is 36.9 Å². The molecule has 39 heavy (non-hydrogen) atoms. The standard InChI is InChI=1S/C33H34Cl2N4/c1-37-33(38-28-14-15-30(34)31(35)21-28)32(26-16-18-39(19-17-26)29-8-4-5-9-29)25-12-10-24(11-13-25)27-7-3-2-6-23(20-27)22-36/h3,6-7,10-15,20-21,29H,2,4-5,8-9,16-19H2,1H3,(H,37,38). The highest BCUT2D eigenvalue weighted by atomic mass is 35.5. The van der Waals surface area contributed by atoms with Gasteiger partial charge in [-0.25, -0.2) is 0 Å². The quantitative estimate of drug-likeness (QED) is 0.296. The lowest BCUT2D eigenvalue weighted by Gasteiger charge is -2.34. The van der Waals surface area contributed by atoms with E-state index >= 15 is 0 Å². The molecule has 3 aliphatic rings. The van der Waals surface area contributed by atoms with Crippen molar-refractivity contribution in [3.8, 4) is 6.07 Å². The summed E-state index contributed by atoms with van der Waals surface area (Å²) in [5, 5.41) is 14.0. The first kappa shape index (κ1) is 27.5. The van der Waals surface area contributed by atoms with Crippen LogP contribution in [0.25, 0.3) is 11.1 Å². The Morgan fingerprint density at radius 1 is 1.03 bits per heavy atom. The van der Waals surface area contributed by atoms with E-state index in [2.05, 4.69) is 52.7 Å². The molecule has 200 valence electrons. The number of piperidine rings is 1. The fourth-order valence-electron chi connectivity index (χ4n) is 5.88. The average Bonchev–Trinajstić information content (AvgIpc) is 3.40. The minimum absolute atomic E-state index is 0.510. The van der Waals surface area contributed by atoms with E-state index in [9.17, 15) is 5.26 Å². The van der Waals surface area contributed by atoms with Crippen LogP contribution in [0.2, 0.25) is 10.0 Å². The van der Waals surface area contributed by atoms with Crippen molar-refractivity contribution in [3.63, 3.8) is 0 Å². The van der Waals surface area contributed by atoms with Gasteiger partial charge in [-0.1, -0.05) is 84.1 Å². The summed E-state index contributed by atoms with van der Waals surface area (Å²) >= 11 is 12.5. The first-order chi connectivity index (χ1) is 19.1. The van der Waals surface area contributed by atoms with E-state index in [-0.39, 0.29) is 0 Å². The number of allylic oxidation sites excluding steroid dienone is 6. The van der Waals surface area contributed by atoms with Crippen LogP contribution in [0.3, 0.4) is 0 Å². The Morgan fingerprint density at radius 3 is 2.44 bits per heavy atom. The van der Waals surface area contributed by atoms with E-state index in [1.165, 1.54) is 31.3 Å². The van der Waals surface area contributed by atoms with Gasteiger partial charge in [0.1, 0.15) is 5.84 Å². The molecule has 2 aromatic carbocycles. The minimum atomic E-state index is 0.510. The normalized spacial score (nSPS) is 18.8. The maximum absolute atomic E-state index is 9.44. The molecule has 2 aromatic rings. The van der Waals surface area contributed by atoms with Gasteiger partial charge in [-0.2, -0.15) is 5.26 Å². The van der Waals surface area contributed by atoms with Gasteiger partial charge in [0.25, 0.3) is 0 Å². The molecule has 1 saturated heterocycles. The first-order valence-electron chi connectivity index (χ1n) is 13.8. The number of anilines is 1. The molecule has 0 bridgehead atoms. The van der Waals surface area contributed by atoms with Gasteiger partial charge in [0.15, 0.2) is 0 Å². The second kappa shape index (κ2) is 12.8. The van der Waals surface area contributed by atoms with Gasteiger partial charge in [0.05, 0.1) is 16.1 Å². The van der Waals surface area contributed by atoms with Crippen molar-refractivity contribution in [2.24, 2.45) is 4.99 Å². The Bertz CT molecular complexity index is 1390. The van der Waals surface area contributed by atoms with Crippen LogP contribution in [0, 0.1) is 11.3 Å². The zero-order chi connectivity index (χ0) is 27.2. The van der Waals surface area contributed by atoms with Gasteiger partial charge >= 0.3 is 0 Å². The molecule has 4 nitrogen and oxygen atoms in total. The molecule has 0 spiro atoms. The average molecular weight is 558 g/mol. The van der Waals surface area contributed by atoms with Crippen molar-refractivity contribution in [2.75, 3.05) is 25.5 Å². The third-order valence-corrected chi connectivity index (χ3v) is 8.70.